The van der Waals surface area contributed by atoms with Crippen molar-refractivity contribution in [3.63, 3.8) is 0 Å². The Morgan fingerprint density at radius 3 is 2.96 bits per heavy atom. The molecule has 0 unspecified atom stereocenters. The lowest BCUT2D eigenvalue weighted by molar-refractivity contribution is -0.0471. The predicted molar refractivity (Wildman–Crippen MR) is 94.3 cm³/mol. The van der Waals surface area contributed by atoms with Gasteiger partial charge in [-0.15, -0.1) is 0 Å². The molecule has 3 rings (SSSR count). The Hall–Kier alpha value is -1.57. The van der Waals surface area contributed by atoms with Gasteiger partial charge in [0.2, 0.25) is 5.95 Å². The molecule has 11 heteroatoms. The number of ether oxygens (including phenoxy) is 1. The van der Waals surface area contributed by atoms with E-state index in [-0.39, 0.29) is 24.5 Å². The fourth-order valence-corrected chi connectivity index (χ4v) is 3.17. The van der Waals surface area contributed by atoms with Crippen LogP contribution in [0.4, 0.5) is 5.95 Å². The first-order chi connectivity index (χ1) is 11.4. The molecule has 10 nitrogen and oxygen atoms in total. The highest BCUT2D eigenvalue weighted by atomic mass is 127. The Morgan fingerprint density at radius 1 is 1.58 bits per heavy atom. The number of nitrogens with one attached hydrogen (secondary N) is 1. The van der Waals surface area contributed by atoms with Gasteiger partial charge in [-0.25, -0.2) is 9.67 Å². The Labute approximate surface area is 150 Å². The summed E-state index contributed by atoms with van der Waals surface area (Å²) in [5.41, 5.74) is -0.0244. The van der Waals surface area contributed by atoms with E-state index in [4.69, 9.17) is 4.74 Å². The average molecular weight is 448 g/mol. The van der Waals surface area contributed by atoms with Gasteiger partial charge >= 0.3 is 0 Å². The van der Waals surface area contributed by atoms with Crippen molar-refractivity contribution in [2.75, 3.05) is 20.7 Å². The van der Waals surface area contributed by atoms with Crippen molar-refractivity contribution in [3.05, 3.63) is 14.1 Å². The van der Waals surface area contributed by atoms with Crippen LogP contribution in [0.25, 0.3) is 11.0 Å². The molecule has 0 saturated carbocycles. The number of nitrogens with zero attached hydrogens (tertiary/aromatic N) is 5. The van der Waals surface area contributed by atoms with Crippen LogP contribution in [-0.2, 0) is 4.74 Å². The molecule has 2 aromatic rings. The second-order valence-corrected chi connectivity index (χ2v) is 6.67. The second-order valence-electron chi connectivity index (χ2n) is 5.65. The summed E-state index contributed by atoms with van der Waals surface area (Å²) >= 11 is 1.95. The van der Waals surface area contributed by atoms with Crippen LogP contribution in [0.5, 0.6) is 0 Å². The van der Waals surface area contributed by atoms with Gasteiger partial charge in [-0.3, -0.25) is 9.78 Å². The predicted octanol–water partition coefficient (Wildman–Crippen LogP) is -0.414. The van der Waals surface area contributed by atoms with E-state index in [0.717, 1.165) is 0 Å². The smallest absolute Gasteiger partial charge is 0.264 e. The highest BCUT2D eigenvalue weighted by Gasteiger charge is 2.36. The Kier molecular flexibility index (Phi) is 4.85. The topological polar surface area (TPSA) is 129 Å². The zero-order chi connectivity index (χ0) is 17.4. The van der Waals surface area contributed by atoms with Gasteiger partial charge in [0.25, 0.3) is 5.56 Å². The number of aromatic nitrogens is 4. The van der Waals surface area contributed by atoms with Gasteiger partial charge in [0, 0.05) is 20.5 Å². The van der Waals surface area contributed by atoms with Crippen LogP contribution in [0.1, 0.15) is 12.6 Å². The lowest BCUT2D eigenvalue weighted by Crippen LogP contribution is -2.24. The van der Waals surface area contributed by atoms with Crippen LogP contribution in [0, 0.1) is 3.70 Å². The number of hydrogen-bond donors (Lipinski definition) is 3. The maximum absolute atomic E-state index is 12.3. The molecular weight excluding hydrogens is 431 g/mol. The Bertz CT molecular complexity index is 832. The van der Waals surface area contributed by atoms with Crippen LogP contribution in [-0.4, -0.2) is 74.1 Å². The van der Waals surface area contributed by atoms with Crippen LogP contribution in [0.15, 0.2) is 9.79 Å². The monoisotopic (exact) mass is 448 g/mol. The van der Waals surface area contributed by atoms with Crippen LogP contribution >= 0.6 is 22.6 Å². The van der Waals surface area contributed by atoms with Gasteiger partial charge in [-0.2, -0.15) is 10.1 Å². The first-order valence-corrected chi connectivity index (χ1v) is 8.31. The number of aromatic amines is 1. The van der Waals surface area contributed by atoms with Crippen molar-refractivity contribution in [1.29, 1.82) is 0 Å². The first kappa shape index (κ1) is 17.3. The highest BCUT2D eigenvalue weighted by Crippen LogP contribution is 2.31. The molecule has 0 spiro atoms. The van der Waals surface area contributed by atoms with E-state index in [1.165, 1.54) is 11.0 Å². The minimum absolute atomic E-state index is 0.149. The first-order valence-electron chi connectivity index (χ1n) is 7.23. The molecule has 0 radical (unpaired) electrons. The number of aliphatic imine (C=N–C) groups is 1. The molecule has 3 heterocycles. The maximum Gasteiger partial charge on any atom is 0.264 e. The van der Waals surface area contributed by atoms with E-state index in [1.54, 1.807) is 19.0 Å². The summed E-state index contributed by atoms with van der Waals surface area (Å²) in [7, 11) is 3.60. The van der Waals surface area contributed by atoms with E-state index in [1.807, 2.05) is 22.6 Å². The number of aliphatic hydroxyl groups is 2. The number of halogens is 1. The van der Waals surface area contributed by atoms with Crippen LogP contribution in [0.3, 0.4) is 0 Å². The molecule has 1 aliphatic rings. The summed E-state index contributed by atoms with van der Waals surface area (Å²) in [4.78, 5) is 25.1. The minimum atomic E-state index is -0.801. The Balaban J connectivity index is 2.07. The van der Waals surface area contributed by atoms with Crippen molar-refractivity contribution >= 4 is 45.9 Å². The summed E-state index contributed by atoms with van der Waals surface area (Å²) in [5, 5.41) is 23.8. The Morgan fingerprint density at radius 2 is 2.33 bits per heavy atom. The molecule has 24 heavy (non-hydrogen) atoms. The second kappa shape index (κ2) is 6.74. The molecule has 0 amide bonds. The third-order valence-electron chi connectivity index (χ3n) is 3.57. The van der Waals surface area contributed by atoms with Gasteiger partial charge in [0.15, 0.2) is 11.9 Å². The molecule has 0 aliphatic carbocycles. The molecule has 0 bridgehead atoms. The minimum Gasteiger partial charge on any atom is -0.394 e. The molecule has 3 N–H and O–H groups in total. The third kappa shape index (κ3) is 3.16. The SMILES string of the molecule is CN(C)/C=N/c1nc2c(c(I)nn2[C@H]2C[C@H](O)[C@@H](CO)O2)c(=O)[nH]1. The van der Waals surface area contributed by atoms with Gasteiger partial charge in [-0.1, -0.05) is 0 Å². The van der Waals surface area contributed by atoms with E-state index in [0.29, 0.717) is 14.7 Å². The van der Waals surface area contributed by atoms with Crippen LogP contribution < -0.4 is 5.56 Å². The van der Waals surface area contributed by atoms with E-state index >= 15 is 0 Å². The number of hydrogen-bond acceptors (Lipinski definition) is 7. The summed E-state index contributed by atoms with van der Waals surface area (Å²) in [5.74, 6) is 0.149. The summed E-state index contributed by atoms with van der Waals surface area (Å²) in [6.07, 6.45) is -0.315. The molecule has 1 saturated heterocycles. The van der Waals surface area contributed by atoms with Crippen molar-refractivity contribution in [2.24, 2.45) is 4.99 Å². The maximum atomic E-state index is 12.3. The summed E-state index contributed by atoms with van der Waals surface area (Å²) in [6, 6.07) is 0. The standard InChI is InChI=1S/C13H17IN6O4/c1-19(2)5-15-13-16-11-9(12(23)17-13)10(14)18-20(11)8-3-6(22)7(4-21)24-8/h5-8,21-22H,3-4H2,1-2H3,(H,16,17,23)/b15-5+/t6-,7+,8+/m0/s1. The van der Waals surface area contributed by atoms with Crippen molar-refractivity contribution in [1.82, 2.24) is 24.6 Å². The lowest BCUT2D eigenvalue weighted by Gasteiger charge is -2.12. The molecule has 1 fully saturated rings. The zero-order valence-corrected chi connectivity index (χ0v) is 15.2. The van der Waals surface area contributed by atoms with Gasteiger partial charge in [0.1, 0.15) is 15.2 Å². The molecule has 3 atom stereocenters. The van der Waals surface area contributed by atoms with E-state index < -0.39 is 18.4 Å². The summed E-state index contributed by atoms with van der Waals surface area (Å²) < 4.78 is 7.54. The van der Waals surface area contributed by atoms with Crippen molar-refractivity contribution in [2.45, 2.75) is 24.9 Å². The van der Waals surface area contributed by atoms with Crippen molar-refractivity contribution in [3.8, 4) is 0 Å². The summed E-state index contributed by atoms with van der Waals surface area (Å²) in [6.45, 7) is -0.291. The van der Waals surface area contributed by atoms with Gasteiger partial charge in [0.05, 0.1) is 19.0 Å². The average Bonchev–Trinajstić information content (AvgIpc) is 3.05. The number of H-pyrrole nitrogens is 1. The molecule has 1 aliphatic heterocycles. The third-order valence-corrected chi connectivity index (χ3v) is 4.33. The van der Waals surface area contributed by atoms with Crippen molar-refractivity contribution < 1.29 is 14.9 Å². The fraction of sp³-hybridized carbons (Fsp3) is 0.538. The molecule has 2 aromatic heterocycles. The molecule has 0 aromatic carbocycles. The quantitative estimate of drug-likeness (QED) is 0.330. The van der Waals surface area contributed by atoms with Gasteiger partial charge in [-0.05, 0) is 22.6 Å². The van der Waals surface area contributed by atoms with Gasteiger partial charge < -0.3 is 19.8 Å². The van der Waals surface area contributed by atoms with E-state index in [2.05, 4.69) is 20.1 Å². The largest absolute Gasteiger partial charge is 0.394 e. The fourth-order valence-electron chi connectivity index (χ4n) is 2.45. The highest BCUT2D eigenvalue weighted by molar-refractivity contribution is 14.1. The molecular formula is C13H17IN6O4. The molecule has 130 valence electrons. The number of aliphatic hydroxyl groups excluding tert-OH is 2. The zero-order valence-electron chi connectivity index (χ0n) is 13.0. The van der Waals surface area contributed by atoms with Crippen LogP contribution in [0.2, 0.25) is 0 Å². The normalized spacial score (nSPS) is 24.3. The number of fused-ring (bicyclic) bond motifs is 1. The number of rotatable bonds is 4. The van der Waals surface area contributed by atoms with E-state index in [9.17, 15) is 15.0 Å². The lowest BCUT2D eigenvalue weighted by atomic mass is 10.2.